The molecule has 0 spiro atoms. The molecule has 140 valence electrons. The van der Waals surface area contributed by atoms with Crippen LogP contribution in [0.4, 0.5) is 14.5 Å². The summed E-state index contributed by atoms with van der Waals surface area (Å²) in [7, 11) is 0. The molecule has 2 aromatic heterocycles. The number of ether oxygens (including phenoxy) is 1. The van der Waals surface area contributed by atoms with E-state index in [2.05, 4.69) is 5.10 Å². The SMILES string of the molecule is CCOC(=O)c1cnn2ccc(N3C[C@@H](F)CC3c3cccc(F)c3)cc12. The van der Waals surface area contributed by atoms with Crippen molar-refractivity contribution in [3.63, 3.8) is 0 Å². The number of alkyl halides is 1. The molecule has 3 heterocycles. The molecule has 1 fully saturated rings. The molecule has 0 aliphatic carbocycles. The first kappa shape index (κ1) is 17.5. The molecule has 0 saturated carbocycles. The number of carbonyl (C=O) groups excluding carboxylic acids is 1. The summed E-state index contributed by atoms with van der Waals surface area (Å²) in [5, 5.41) is 4.17. The molecule has 2 atom stereocenters. The number of hydrogen-bond donors (Lipinski definition) is 0. The van der Waals surface area contributed by atoms with E-state index < -0.39 is 12.1 Å². The number of anilines is 1. The summed E-state index contributed by atoms with van der Waals surface area (Å²) in [6.07, 6.45) is 2.47. The number of fused-ring (bicyclic) bond motifs is 1. The maximum atomic E-state index is 14.2. The van der Waals surface area contributed by atoms with Crippen LogP contribution in [0, 0.1) is 5.82 Å². The Morgan fingerprint density at radius 1 is 1.33 bits per heavy atom. The van der Waals surface area contributed by atoms with Crippen LogP contribution in [-0.4, -0.2) is 34.9 Å². The topological polar surface area (TPSA) is 46.8 Å². The van der Waals surface area contributed by atoms with E-state index in [9.17, 15) is 13.6 Å². The Hall–Kier alpha value is -2.96. The summed E-state index contributed by atoms with van der Waals surface area (Å²) in [5.41, 5.74) is 2.43. The lowest BCUT2D eigenvalue weighted by Crippen LogP contribution is -2.23. The van der Waals surface area contributed by atoms with Crippen molar-refractivity contribution < 1.29 is 18.3 Å². The quantitative estimate of drug-likeness (QED) is 0.652. The molecule has 3 aromatic rings. The summed E-state index contributed by atoms with van der Waals surface area (Å²) in [6.45, 7) is 2.22. The van der Waals surface area contributed by atoms with E-state index in [-0.39, 0.29) is 25.0 Å². The summed E-state index contributed by atoms with van der Waals surface area (Å²) in [4.78, 5) is 14.0. The smallest absolute Gasteiger partial charge is 0.341 e. The van der Waals surface area contributed by atoms with E-state index in [1.807, 2.05) is 11.0 Å². The molecule has 0 bridgehead atoms. The van der Waals surface area contributed by atoms with Crippen LogP contribution in [0.1, 0.15) is 35.3 Å². The van der Waals surface area contributed by atoms with Crippen LogP contribution in [0.5, 0.6) is 0 Å². The van der Waals surface area contributed by atoms with Crippen LogP contribution >= 0.6 is 0 Å². The van der Waals surface area contributed by atoms with Gasteiger partial charge in [-0.3, -0.25) is 0 Å². The highest BCUT2D eigenvalue weighted by Crippen LogP contribution is 2.38. The number of benzene rings is 1. The molecular formula is C20H19F2N3O2. The lowest BCUT2D eigenvalue weighted by Gasteiger charge is -2.27. The molecule has 27 heavy (non-hydrogen) atoms. The van der Waals surface area contributed by atoms with Gasteiger partial charge >= 0.3 is 5.97 Å². The van der Waals surface area contributed by atoms with E-state index in [0.29, 0.717) is 17.5 Å². The van der Waals surface area contributed by atoms with Crippen LogP contribution in [0.2, 0.25) is 0 Å². The van der Waals surface area contributed by atoms with Crippen molar-refractivity contribution in [2.24, 2.45) is 0 Å². The second-order valence-corrected chi connectivity index (χ2v) is 6.55. The number of hydrogen-bond acceptors (Lipinski definition) is 4. The van der Waals surface area contributed by atoms with Crippen LogP contribution in [0.25, 0.3) is 5.52 Å². The maximum Gasteiger partial charge on any atom is 0.341 e. The number of pyridine rings is 1. The predicted molar refractivity (Wildman–Crippen MR) is 97.1 cm³/mol. The van der Waals surface area contributed by atoms with E-state index in [1.165, 1.54) is 18.3 Å². The first-order valence-corrected chi connectivity index (χ1v) is 8.87. The Kier molecular flexibility index (Phi) is 4.51. The second-order valence-electron chi connectivity index (χ2n) is 6.55. The second kappa shape index (κ2) is 6.98. The molecule has 0 amide bonds. The normalized spacial score (nSPS) is 19.6. The zero-order chi connectivity index (χ0) is 19.0. The Bertz CT molecular complexity index is 988. The molecule has 1 aliphatic heterocycles. The molecule has 0 N–H and O–H groups in total. The summed E-state index contributed by atoms with van der Waals surface area (Å²) in [6, 6.07) is 9.60. The average Bonchev–Trinajstić information content (AvgIpc) is 3.25. The van der Waals surface area contributed by atoms with Crippen molar-refractivity contribution in [3.05, 3.63) is 65.7 Å². The number of nitrogens with zero attached hydrogens (tertiary/aromatic N) is 3. The highest BCUT2D eigenvalue weighted by Gasteiger charge is 2.34. The molecule has 5 nitrogen and oxygen atoms in total. The molecular weight excluding hydrogens is 352 g/mol. The fourth-order valence-corrected chi connectivity index (χ4v) is 3.61. The van der Waals surface area contributed by atoms with Gasteiger partial charge in [0, 0.05) is 24.8 Å². The zero-order valence-electron chi connectivity index (χ0n) is 14.8. The first-order valence-electron chi connectivity index (χ1n) is 8.87. The number of aromatic nitrogens is 2. The highest BCUT2D eigenvalue weighted by atomic mass is 19.1. The standard InChI is InChI=1S/C20H19F2N3O2/c1-2-27-20(26)17-11-23-25-7-6-16(10-19(17)25)24-12-15(22)9-18(24)13-4-3-5-14(21)8-13/h3-8,10-11,15,18H,2,9,12H2,1H3/t15-,18?/m0/s1. The summed E-state index contributed by atoms with van der Waals surface area (Å²) in [5.74, 6) is -0.790. The first-order chi connectivity index (χ1) is 13.1. The van der Waals surface area contributed by atoms with Crippen molar-refractivity contribution in [1.29, 1.82) is 0 Å². The maximum absolute atomic E-state index is 14.2. The van der Waals surface area contributed by atoms with Gasteiger partial charge in [0.25, 0.3) is 0 Å². The Morgan fingerprint density at radius 2 is 2.19 bits per heavy atom. The number of rotatable bonds is 4. The van der Waals surface area contributed by atoms with Gasteiger partial charge in [0.15, 0.2) is 0 Å². The van der Waals surface area contributed by atoms with Gasteiger partial charge in [0.2, 0.25) is 0 Å². The van der Waals surface area contributed by atoms with Gasteiger partial charge in [-0.05, 0) is 36.8 Å². The third kappa shape index (κ3) is 3.25. The van der Waals surface area contributed by atoms with Crippen LogP contribution < -0.4 is 4.90 Å². The minimum Gasteiger partial charge on any atom is -0.462 e. The predicted octanol–water partition coefficient (Wildman–Crippen LogP) is 3.94. The van der Waals surface area contributed by atoms with Gasteiger partial charge in [0.05, 0.1) is 24.4 Å². The van der Waals surface area contributed by atoms with E-state index in [4.69, 9.17) is 4.74 Å². The number of halogens is 2. The van der Waals surface area contributed by atoms with Crippen molar-refractivity contribution in [2.45, 2.75) is 25.6 Å². The molecule has 1 unspecified atom stereocenters. The van der Waals surface area contributed by atoms with Crippen molar-refractivity contribution in [3.8, 4) is 0 Å². The molecule has 1 saturated heterocycles. The van der Waals surface area contributed by atoms with Crippen LogP contribution in [0.15, 0.2) is 48.8 Å². The van der Waals surface area contributed by atoms with Gasteiger partial charge in [-0.1, -0.05) is 12.1 Å². The highest BCUT2D eigenvalue weighted by molar-refractivity contribution is 5.97. The monoisotopic (exact) mass is 371 g/mol. The lowest BCUT2D eigenvalue weighted by atomic mass is 10.0. The zero-order valence-corrected chi connectivity index (χ0v) is 14.8. The number of esters is 1. The lowest BCUT2D eigenvalue weighted by molar-refractivity contribution is 0.0528. The third-order valence-corrected chi connectivity index (χ3v) is 4.82. The van der Waals surface area contributed by atoms with Crippen molar-refractivity contribution in [2.75, 3.05) is 18.1 Å². The fourth-order valence-electron chi connectivity index (χ4n) is 3.61. The van der Waals surface area contributed by atoms with E-state index >= 15 is 0 Å². The summed E-state index contributed by atoms with van der Waals surface area (Å²) >= 11 is 0. The molecule has 7 heteroatoms. The minimum absolute atomic E-state index is 0.209. The van der Waals surface area contributed by atoms with Crippen LogP contribution in [-0.2, 0) is 4.74 Å². The van der Waals surface area contributed by atoms with Gasteiger partial charge < -0.3 is 9.64 Å². The van der Waals surface area contributed by atoms with Crippen LogP contribution in [0.3, 0.4) is 0 Å². The minimum atomic E-state index is -1.01. The largest absolute Gasteiger partial charge is 0.462 e. The molecule has 1 aliphatic rings. The van der Waals surface area contributed by atoms with Gasteiger partial charge in [-0.2, -0.15) is 5.10 Å². The van der Waals surface area contributed by atoms with Crippen molar-refractivity contribution in [1.82, 2.24) is 9.61 Å². The Labute approximate surface area is 155 Å². The Balaban J connectivity index is 1.73. The average molecular weight is 371 g/mol. The Morgan fingerprint density at radius 3 is 2.96 bits per heavy atom. The van der Waals surface area contributed by atoms with Crippen molar-refractivity contribution >= 4 is 17.2 Å². The summed E-state index contributed by atoms with van der Waals surface area (Å²) < 4.78 is 34.5. The molecule has 0 radical (unpaired) electrons. The van der Waals surface area contributed by atoms with Gasteiger partial charge in [-0.15, -0.1) is 0 Å². The van der Waals surface area contributed by atoms with E-state index in [1.54, 1.807) is 35.8 Å². The fraction of sp³-hybridized carbons (Fsp3) is 0.300. The molecule has 1 aromatic carbocycles. The molecule has 4 rings (SSSR count). The van der Waals surface area contributed by atoms with E-state index in [0.717, 1.165) is 11.3 Å². The van der Waals surface area contributed by atoms with Gasteiger partial charge in [-0.25, -0.2) is 18.1 Å². The number of carbonyl (C=O) groups is 1. The van der Waals surface area contributed by atoms with Gasteiger partial charge in [0.1, 0.15) is 17.6 Å². The third-order valence-electron chi connectivity index (χ3n) is 4.82.